The lowest BCUT2D eigenvalue weighted by Gasteiger charge is -2.11. The highest BCUT2D eigenvalue weighted by atomic mass is 16.2. The molecular weight excluding hydrogens is 238 g/mol. The molecule has 0 aromatic heterocycles. The topological polar surface area (TPSA) is 67.5 Å². The average molecular weight is 263 g/mol. The van der Waals surface area contributed by atoms with Crippen LogP contribution in [0.25, 0.3) is 0 Å². The lowest BCUT2D eigenvalue weighted by molar-refractivity contribution is 0.249. The third kappa shape index (κ3) is 11.0. The second-order valence-electron chi connectivity index (χ2n) is 5.44. The Morgan fingerprint density at radius 3 is 2.53 bits per heavy atom. The molecule has 0 aromatic rings. The van der Waals surface area contributed by atoms with Gasteiger partial charge in [-0.25, -0.2) is 10.2 Å². The molecule has 0 atom stereocenters. The van der Waals surface area contributed by atoms with E-state index in [0.29, 0.717) is 0 Å². The standard InChI is InChI=1S/C15H25N3O/c1-12(2)7-6-8-13(3)9-10-15(4,5)11-17-18-14(16)19/h7,10-11H,6,8H2,1-5H3,(H3,16,18,19). The zero-order chi connectivity index (χ0) is 14.9. The molecule has 0 aliphatic rings. The fourth-order valence-corrected chi connectivity index (χ4v) is 1.26. The van der Waals surface area contributed by atoms with Crippen LogP contribution in [0.5, 0.6) is 0 Å². The molecule has 0 saturated heterocycles. The van der Waals surface area contributed by atoms with E-state index in [4.69, 9.17) is 5.73 Å². The number of hydrogen-bond donors (Lipinski definition) is 2. The Balaban J connectivity index is 4.51. The summed E-state index contributed by atoms with van der Waals surface area (Å²) in [6.07, 6.45) is 7.82. The molecule has 2 amide bonds. The van der Waals surface area contributed by atoms with Crippen molar-refractivity contribution < 1.29 is 4.79 Å². The summed E-state index contributed by atoms with van der Waals surface area (Å²) in [5.41, 5.74) is 12.6. The predicted molar refractivity (Wildman–Crippen MR) is 80.9 cm³/mol. The van der Waals surface area contributed by atoms with Crippen LogP contribution in [0, 0.1) is 5.41 Å². The molecular formula is C15H25N3O. The third-order valence-electron chi connectivity index (χ3n) is 2.33. The van der Waals surface area contributed by atoms with Crippen LogP contribution in [0.4, 0.5) is 4.79 Å². The van der Waals surface area contributed by atoms with Crippen molar-refractivity contribution in [1.82, 2.24) is 5.43 Å². The van der Waals surface area contributed by atoms with Gasteiger partial charge >= 0.3 is 6.03 Å². The highest BCUT2D eigenvalue weighted by molar-refractivity contribution is 5.74. The first kappa shape index (κ1) is 17.2. The van der Waals surface area contributed by atoms with Crippen molar-refractivity contribution >= 4 is 12.2 Å². The minimum atomic E-state index is -0.663. The van der Waals surface area contributed by atoms with Crippen LogP contribution < -0.4 is 11.2 Å². The van der Waals surface area contributed by atoms with Gasteiger partial charge in [0, 0.05) is 11.6 Å². The summed E-state index contributed by atoms with van der Waals surface area (Å²) in [6, 6.07) is -0.663. The molecule has 0 aliphatic carbocycles. The number of primary amides is 1. The van der Waals surface area contributed by atoms with E-state index in [2.05, 4.69) is 43.1 Å². The quantitative estimate of drug-likeness (QED) is 0.327. The third-order valence-corrected chi connectivity index (χ3v) is 2.33. The number of hydrazone groups is 1. The summed E-state index contributed by atoms with van der Waals surface area (Å²) < 4.78 is 0. The molecule has 106 valence electrons. The number of nitrogens with zero attached hydrogens (tertiary/aromatic N) is 1. The van der Waals surface area contributed by atoms with E-state index in [1.54, 1.807) is 6.21 Å². The van der Waals surface area contributed by atoms with Crippen molar-refractivity contribution in [2.45, 2.75) is 47.5 Å². The van der Waals surface area contributed by atoms with Gasteiger partial charge in [0.1, 0.15) is 0 Å². The molecule has 0 bridgehead atoms. The zero-order valence-electron chi connectivity index (χ0n) is 12.6. The molecule has 0 fully saturated rings. The molecule has 0 aromatic carbocycles. The van der Waals surface area contributed by atoms with Crippen LogP contribution in [0.3, 0.4) is 0 Å². The lowest BCUT2D eigenvalue weighted by atomic mass is 9.95. The Labute approximate surface area is 116 Å². The van der Waals surface area contributed by atoms with Crippen molar-refractivity contribution in [2.24, 2.45) is 16.3 Å². The number of carbonyl (C=O) groups excluding carboxylic acids is 1. The summed E-state index contributed by atoms with van der Waals surface area (Å²) in [6.45, 7) is 10.2. The molecule has 4 nitrogen and oxygen atoms in total. The van der Waals surface area contributed by atoms with Crippen LogP contribution in [0.1, 0.15) is 47.5 Å². The van der Waals surface area contributed by atoms with Crippen molar-refractivity contribution in [3.8, 4) is 0 Å². The van der Waals surface area contributed by atoms with Crippen LogP contribution >= 0.6 is 0 Å². The van der Waals surface area contributed by atoms with Gasteiger partial charge in [0.15, 0.2) is 0 Å². The van der Waals surface area contributed by atoms with Gasteiger partial charge in [-0.2, -0.15) is 5.10 Å². The zero-order valence-corrected chi connectivity index (χ0v) is 12.6. The van der Waals surface area contributed by atoms with Gasteiger partial charge in [0.25, 0.3) is 0 Å². The van der Waals surface area contributed by atoms with Gasteiger partial charge in [0.2, 0.25) is 0 Å². The fourth-order valence-electron chi connectivity index (χ4n) is 1.26. The molecule has 0 radical (unpaired) electrons. The van der Waals surface area contributed by atoms with E-state index in [-0.39, 0.29) is 5.41 Å². The SMILES string of the molecule is CC(=C=CC(C)(C)C=NNC(N)=O)CCC=C(C)C. The molecule has 0 heterocycles. The largest absolute Gasteiger partial charge is 0.350 e. The average Bonchev–Trinajstić information content (AvgIpc) is 2.25. The monoisotopic (exact) mass is 263 g/mol. The number of allylic oxidation sites excluding steroid dienone is 3. The summed E-state index contributed by atoms with van der Waals surface area (Å²) in [5, 5.41) is 3.77. The van der Waals surface area contributed by atoms with Crippen molar-refractivity contribution in [3.63, 3.8) is 0 Å². The lowest BCUT2D eigenvalue weighted by Crippen LogP contribution is -2.25. The Bertz CT molecular complexity index is 421. The van der Waals surface area contributed by atoms with E-state index in [0.717, 1.165) is 12.8 Å². The van der Waals surface area contributed by atoms with E-state index >= 15 is 0 Å². The highest BCUT2D eigenvalue weighted by Crippen LogP contribution is 2.14. The summed E-state index contributed by atoms with van der Waals surface area (Å²) in [5.74, 6) is 0. The smallest absolute Gasteiger partial charge is 0.332 e. The fraction of sp³-hybridized carbons (Fsp3) is 0.533. The van der Waals surface area contributed by atoms with Gasteiger partial charge in [-0.05, 0) is 45.3 Å². The molecule has 4 heteroatoms. The second kappa shape index (κ2) is 8.33. The van der Waals surface area contributed by atoms with Gasteiger partial charge in [-0.1, -0.05) is 25.5 Å². The van der Waals surface area contributed by atoms with Gasteiger partial charge in [-0.15, -0.1) is 5.73 Å². The maximum absolute atomic E-state index is 10.5. The van der Waals surface area contributed by atoms with Gasteiger partial charge in [0.05, 0.1) is 0 Å². The predicted octanol–water partition coefficient (Wildman–Crippen LogP) is 3.51. The van der Waals surface area contributed by atoms with Crippen molar-refractivity contribution in [3.05, 3.63) is 29.0 Å². The van der Waals surface area contributed by atoms with E-state index in [1.807, 2.05) is 19.9 Å². The number of rotatable bonds is 6. The molecule has 0 saturated carbocycles. The number of carbonyl (C=O) groups is 1. The van der Waals surface area contributed by atoms with Crippen molar-refractivity contribution in [1.29, 1.82) is 0 Å². The summed E-state index contributed by atoms with van der Waals surface area (Å²) >= 11 is 0. The summed E-state index contributed by atoms with van der Waals surface area (Å²) in [7, 11) is 0. The number of amides is 2. The summed E-state index contributed by atoms with van der Waals surface area (Å²) in [4.78, 5) is 10.5. The van der Waals surface area contributed by atoms with E-state index < -0.39 is 6.03 Å². The first-order chi connectivity index (χ1) is 8.73. The van der Waals surface area contributed by atoms with Crippen LogP contribution in [-0.4, -0.2) is 12.2 Å². The number of nitrogens with one attached hydrogen (secondary N) is 1. The van der Waals surface area contributed by atoms with Crippen LogP contribution in [0.15, 0.2) is 34.1 Å². The van der Waals surface area contributed by atoms with E-state index in [1.165, 1.54) is 11.1 Å². The maximum Gasteiger partial charge on any atom is 0.332 e. The molecule has 0 aliphatic heterocycles. The van der Waals surface area contributed by atoms with Crippen LogP contribution in [-0.2, 0) is 0 Å². The highest BCUT2D eigenvalue weighted by Gasteiger charge is 2.09. The Morgan fingerprint density at radius 1 is 1.37 bits per heavy atom. The molecule has 3 N–H and O–H groups in total. The first-order valence-electron chi connectivity index (χ1n) is 6.39. The van der Waals surface area contributed by atoms with Crippen LogP contribution in [0.2, 0.25) is 0 Å². The van der Waals surface area contributed by atoms with Crippen molar-refractivity contribution in [2.75, 3.05) is 0 Å². The maximum atomic E-state index is 10.5. The first-order valence-corrected chi connectivity index (χ1v) is 6.39. The number of hydrogen-bond acceptors (Lipinski definition) is 2. The Morgan fingerprint density at radius 2 is 2.00 bits per heavy atom. The minimum absolute atomic E-state index is 0.278. The minimum Gasteiger partial charge on any atom is -0.350 e. The van der Waals surface area contributed by atoms with Gasteiger partial charge in [-0.3, -0.25) is 0 Å². The second-order valence-corrected chi connectivity index (χ2v) is 5.44. The molecule has 0 unspecified atom stereocenters. The molecule has 19 heavy (non-hydrogen) atoms. The Hall–Kier alpha value is -1.80. The Kier molecular flexibility index (Phi) is 7.54. The molecule has 0 spiro atoms. The normalized spacial score (nSPS) is 10.8. The molecule has 0 rings (SSSR count). The number of nitrogens with two attached hydrogens (primary N) is 1. The van der Waals surface area contributed by atoms with E-state index in [9.17, 15) is 4.79 Å². The van der Waals surface area contributed by atoms with Gasteiger partial charge < -0.3 is 5.73 Å². The number of urea groups is 1.